The van der Waals surface area contributed by atoms with Crippen molar-refractivity contribution in [3.8, 4) is 5.88 Å². The Labute approximate surface area is 102 Å². The van der Waals surface area contributed by atoms with Crippen molar-refractivity contribution in [3.05, 3.63) is 18.3 Å². The lowest BCUT2D eigenvalue weighted by Crippen LogP contribution is -2.15. The molecule has 1 saturated carbocycles. The van der Waals surface area contributed by atoms with E-state index in [9.17, 15) is 0 Å². The lowest BCUT2D eigenvalue weighted by Gasteiger charge is -2.12. The van der Waals surface area contributed by atoms with E-state index in [2.05, 4.69) is 10.3 Å². The number of aromatic nitrogens is 1. The highest BCUT2D eigenvalue weighted by molar-refractivity contribution is 5.44. The van der Waals surface area contributed by atoms with Crippen LogP contribution in [0.2, 0.25) is 0 Å². The number of ether oxygens (including phenoxy) is 2. The van der Waals surface area contributed by atoms with Gasteiger partial charge in [-0.2, -0.15) is 0 Å². The largest absolute Gasteiger partial charge is 0.481 e. The van der Waals surface area contributed by atoms with Gasteiger partial charge in [0.2, 0.25) is 5.88 Å². The van der Waals surface area contributed by atoms with Crippen molar-refractivity contribution in [1.82, 2.24) is 4.98 Å². The molecule has 0 unspecified atom stereocenters. The number of nitrogens with one attached hydrogen (secondary N) is 1. The number of nitrogens with zero attached hydrogens (tertiary/aromatic N) is 1. The minimum absolute atomic E-state index is 0.490. The molecule has 0 aromatic carbocycles. The van der Waals surface area contributed by atoms with Gasteiger partial charge in [-0.05, 0) is 18.9 Å². The SMILES string of the molecule is COc1cc(NCCOC2CCCC2)ccn1. The summed E-state index contributed by atoms with van der Waals surface area (Å²) in [5.74, 6) is 0.631. The monoisotopic (exact) mass is 236 g/mol. The Morgan fingerprint density at radius 3 is 3.00 bits per heavy atom. The van der Waals surface area contributed by atoms with Crippen LogP contribution in [-0.4, -0.2) is 31.3 Å². The molecule has 1 aliphatic rings. The summed E-state index contributed by atoms with van der Waals surface area (Å²) in [6, 6.07) is 3.81. The first kappa shape index (κ1) is 12.2. The van der Waals surface area contributed by atoms with Crippen LogP contribution in [0.5, 0.6) is 5.88 Å². The molecule has 1 aromatic heterocycles. The van der Waals surface area contributed by atoms with E-state index < -0.39 is 0 Å². The number of anilines is 1. The molecule has 1 aromatic rings. The van der Waals surface area contributed by atoms with Crippen LogP contribution >= 0.6 is 0 Å². The van der Waals surface area contributed by atoms with Crippen LogP contribution in [0, 0.1) is 0 Å². The molecular weight excluding hydrogens is 216 g/mol. The average molecular weight is 236 g/mol. The molecule has 94 valence electrons. The molecule has 0 bridgehead atoms. The van der Waals surface area contributed by atoms with Crippen molar-refractivity contribution in [3.63, 3.8) is 0 Å². The lowest BCUT2D eigenvalue weighted by molar-refractivity contribution is 0.0659. The quantitative estimate of drug-likeness (QED) is 0.770. The van der Waals surface area contributed by atoms with Crippen LogP contribution in [0.3, 0.4) is 0 Å². The zero-order valence-corrected chi connectivity index (χ0v) is 10.3. The second kappa shape index (κ2) is 6.45. The third-order valence-corrected chi connectivity index (χ3v) is 3.03. The van der Waals surface area contributed by atoms with Crippen LogP contribution in [0.15, 0.2) is 18.3 Å². The van der Waals surface area contributed by atoms with E-state index in [-0.39, 0.29) is 0 Å². The predicted octanol–water partition coefficient (Wildman–Crippen LogP) is 2.46. The molecule has 0 amide bonds. The second-order valence-corrected chi connectivity index (χ2v) is 4.29. The fourth-order valence-electron chi connectivity index (χ4n) is 2.11. The Morgan fingerprint density at radius 2 is 2.24 bits per heavy atom. The molecule has 1 fully saturated rings. The topological polar surface area (TPSA) is 43.4 Å². The Hall–Kier alpha value is -1.29. The van der Waals surface area contributed by atoms with Gasteiger partial charge >= 0.3 is 0 Å². The van der Waals surface area contributed by atoms with Gasteiger partial charge in [0.25, 0.3) is 0 Å². The van der Waals surface area contributed by atoms with Gasteiger partial charge in [-0.15, -0.1) is 0 Å². The predicted molar refractivity (Wildman–Crippen MR) is 67.5 cm³/mol. The van der Waals surface area contributed by atoms with Gasteiger partial charge in [0.15, 0.2) is 0 Å². The summed E-state index contributed by atoms with van der Waals surface area (Å²) >= 11 is 0. The summed E-state index contributed by atoms with van der Waals surface area (Å²) in [6.45, 7) is 1.58. The van der Waals surface area contributed by atoms with Gasteiger partial charge in [0, 0.05) is 24.5 Å². The first-order valence-electron chi connectivity index (χ1n) is 6.24. The van der Waals surface area contributed by atoms with Gasteiger partial charge in [-0.1, -0.05) is 12.8 Å². The van der Waals surface area contributed by atoms with E-state index >= 15 is 0 Å². The number of hydrogen-bond donors (Lipinski definition) is 1. The van der Waals surface area contributed by atoms with Crippen molar-refractivity contribution >= 4 is 5.69 Å². The molecule has 0 saturated heterocycles. The maximum Gasteiger partial charge on any atom is 0.214 e. The van der Waals surface area contributed by atoms with Crippen LogP contribution < -0.4 is 10.1 Å². The maximum absolute atomic E-state index is 5.77. The molecule has 0 radical (unpaired) electrons. The number of rotatable bonds is 6. The molecular formula is C13H20N2O2. The highest BCUT2D eigenvalue weighted by atomic mass is 16.5. The Balaban J connectivity index is 1.66. The molecule has 4 heteroatoms. The van der Waals surface area contributed by atoms with E-state index in [1.807, 2.05) is 12.1 Å². The third kappa shape index (κ3) is 3.89. The molecule has 1 heterocycles. The van der Waals surface area contributed by atoms with E-state index in [4.69, 9.17) is 9.47 Å². The minimum atomic E-state index is 0.490. The molecule has 17 heavy (non-hydrogen) atoms. The maximum atomic E-state index is 5.77. The van der Waals surface area contributed by atoms with Crippen molar-refractivity contribution in [2.45, 2.75) is 31.8 Å². The van der Waals surface area contributed by atoms with Crippen LogP contribution in [0.4, 0.5) is 5.69 Å². The van der Waals surface area contributed by atoms with Gasteiger partial charge in [-0.25, -0.2) is 4.98 Å². The first-order valence-corrected chi connectivity index (χ1v) is 6.24. The molecule has 4 nitrogen and oxygen atoms in total. The summed E-state index contributed by atoms with van der Waals surface area (Å²) in [6.07, 6.45) is 7.31. The summed E-state index contributed by atoms with van der Waals surface area (Å²) in [5, 5.41) is 3.30. The van der Waals surface area contributed by atoms with Crippen molar-refractivity contribution in [1.29, 1.82) is 0 Å². The highest BCUT2D eigenvalue weighted by Crippen LogP contribution is 2.20. The third-order valence-electron chi connectivity index (χ3n) is 3.03. The molecule has 1 aliphatic carbocycles. The summed E-state index contributed by atoms with van der Waals surface area (Å²) in [4.78, 5) is 4.06. The second-order valence-electron chi connectivity index (χ2n) is 4.29. The molecule has 2 rings (SSSR count). The Kier molecular flexibility index (Phi) is 4.62. The fraction of sp³-hybridized carbons (Fsp3) is 0.615. The normalized spacial score (nSPS) is 16.1. The average Bonchev–Trinajstić information content (AvgIpc) is 2.88. The number of hydrogen-bond acceptors (Lipinski definition) is 4. The van der Waals surface area contributed by atoms with E-state index in [0.29, 0.717) is 12.0 Å². The number of methoxy groups -OCH3 is 1. The lowest BCUT2D eigenvalue weighted by atomic mass is 10.3. The molecule has 0 atom stereocenters. The molecule has 0 spiro atoms. The van der Waals surface area contributed by atoms with E-state index in [1.165, 1.54) is 25.7 Å². The summed E-state index contributed by atoms with van der Waals surface area (Å²) in [7, 11) is 1.62. The van der Waals surface area contributed by atoms with Gasteiger partial charge in [-0.3, -0.25) is 0 Å². The first-order chi connectivity index (χ1) is 8.38. The standard InChI is InChI=1S/C13H20N2O2/c1-16-13-10-11(6-7-15-13)14-8-9-17-12-4-2-3-5-12/h6-7,10,12H,2-5,8-9H2,1H3,(H,14,15). The fourth-order valence-corrected chi connectivity index (χ4v) is 2.11. The van der Waals surface area contributed by atoms with Gasteiger partial charge in [0.05, 0.1) is 19.8 Å². The molecule has 0 aliphatic heterocycles. The van der Waals surface area contributed by atoms with E-state index in [1.54, 1.807) is 13.3 Å². The van der Waals surface area contributed by atoms with Gasteiger partial charge < -0.3 is 14.8 Å². The Morgan fingerprint density at radius 1 is 1.41 bits per heavy atom. The molecule has 1 N–H and O–H groups in total. The van der Waals surface area contributed by atoms with Crippen LogP contribution in [0.25, 0.3) is 0 Å². The highest BCUT2D eigenvalue weighted by Gasteiger charge is 2.14. The zero-order valence-electron chi connectivity index (χ0n) is 10.3. The number of pyridine rings is 1. The summed E-state index contributed by atoms with van der Waals surface area (Å²) < 4.78 is 10.8. The van der Waals surface area contributed by atoms with Crippen molar-refractivity contribution in [2.75, 3.05) is 25.6 Å². The van der Waals surface area contributed by atoms with Crippen LogP contribution in [-0.2, 0) is 4.74 Å². The zero-order chi connectivity index (χ0) is 11.9. The van der Waals surface area contributed by atoms with Crippen LogP contribution in [0.1, 0.15) is 25.7 Å². The van der Waals surface area contributed by atoms with Gasteiger partial charge in [0.1, 0.15) is 0 Å². The smallest absolute Gasteiger partial charge is 0.214 e. The van der Waals surface area contributed by atoms with E-state index in [0.717, 1.165) is 18.8 Å². The van der Waals surface area contributed by atoms with Crippen molar-refractivity contribution < 1.29 is 9.47 Å². The Bertz CT molecular complexity index is 338. The minimum Gasteiger partial charge on any atom is -0.481 e. The van der Waals surface area contributed by atoms with Crippen molar-refractivity contribution in [2.24, 2.45) is 0 Å². The summed E-state index contributed by atoms with van der Waals surface area (Å²) in [5.41, 5.74) is 1.02.